The van der Waals surface area contributed by atoms with E-state index in [0.717, 1.165) is 67.4 Å². The molecule has 9 heteroatoms. The number of pyridine rings is 2. The van der Waals surface area contributed by atoms with Gasteiger partial charge in [-0.05, 0) is 48.4 Å². The van der Waals surface area contributed by atoms with Gasteiger partial charge in [0.25, 0.3) is 0 Å². The number of fused-ring (bicyclic) bond motifs is 3. The van der Waals surface area contributed by atoms with E-state index in [1.54, 1.807) is 31.3 Å². The van der Waals surface area contributed by atoms with Gasteiger partial charge in [0.1, 0.15) is 11.5 Å². The molecule has 49 heavy (non-hydrogen) atoms. The molecule has 4 heterocycles. The van der Waals surface area contributed by atoms with Crippen molar-refractivity contribution in [3.63, 3.8) is 0 Å². The number of carbonyl (C=O) groups excluding carboxylic acids is 1. The van der Waals surface area contributed by atoms with E-state index in [1.165, 1.54) is 0 Å². The van der Waals surface area contributed by atoms with Gasteiger partial charge in [-0.2, -0.15) is 0 Å². The SMILES string of the molecule is CCCOC(=O)c1c(CSc2ccccn2)n(C)c2cc(-c3cccnc3)c3c(c12)CN(Cc1ccc(OC)cc1)C(c1ccccc1)O3. The molecule has 0 saturated carbocycles. The Bertz CT molecular complexity index is 2050. The topological polar surface area (TPSA) is 78.7 Å². The highest BCUT2D eigenvalue weighted by Crippen LogP contribution is 2.48. The van der Waals surface area contributed by atoms with Crippen molar-refractivity contribution in [2.45, 2.75) is 43.4 Å². The first kappa shape index (κ1) is 32.4. The van der Waals surface area contributed by atoms with Crippen LogP contribution < -0.4 is 9.47 Å². The van der Waals surface area contributed by atoms with Gasteiger partial charge in [-0.1, -0.05) is 61.5 Å². The fourth-order valence-corrected chi connectivity index (χ4v) is 7.36. The highest BCUT2D eigenvalue weighted by Gasteiger charge is 2.36. The summed E-state index contributed by atoms with van der Waals surface area (Å²) in [6.45, 7) is 3.50. The van der Waals surface area contributed by atoms with Crippen LogP contribution in [0.5, 0.6) is 11.5 Å². The van der Waals surface area contributed by atoms with E-state index in [0.29, 0.717) is 31.0 Å². The summed E-state index contributed by atoms with van der Waals surface area (Å²) in [6, 6.07) is 30.4. The van der Waals surface area contributed by atoms with E-state index in [9.17, 15) is 4.79 Å². The number of ether oxygens (including phenoxy) is 3. The average Bonchev–Trinajstić information content (AvgIpc) is 3.44. The fourth-order valence-electron chi connectivity index (χ4n) is 6.43. The number of nitrogens with zero attached hydrogens (tertiary/aromatic N) is 4. The molecule has 1 unspecified atom stereocenters. The first-order chi connectivity index (χ1) is 24.1. The summed E-state index contributed by atoms with van der Waals surface area (Å²) in [5.41, 5.74) is 7.38. The number of rotatable bonds is 11. The van der Waals surface area contributed by atoms with Crippen LogP contribution >= 0.6 is 11.8 Å². The van der Waals surface area contributed by atoms with Crippen LogP contribution in [0.15, 0.2) is 115 Å². The number of methoxy groups -OCH3 is 1. The van der Waals surface area contributed by atoms with E-state index in [2.05, 4.69) is 55.8 Å². The monoisotopic (exact) mass is 670 g/mol. The van der Waals surface area contributed by atoms with Crippen LogP contribution in [0, 0.1) is 0 Å². The van der Waals surface area contributed by atoms with Crippen molar-refractivity contribution in [3.8, 4) is 22.6 Å². The standard InChI is InChI=1S/C40H38N4O4S/c1-4-21-47-40(45)37-34(26-49-35-14-8-9-20-42-35)43(2)33-22-31(29-13-10-19-41-23-29)38-32(36(33)37)25-44(24-27-15-17-30(46-3)18-16-27)39(48-38)28-11-6-5-7-12-28/h5-20,22-23,39H,4,21,24-26H2,1-3H3. The third kappa shape index (κ3) is 6.64. The van der Waals surface area contributed by atoms with Gasteiger partial charge in [0.2, 0.25) is 0 Å². The Balaban J connectivity index is 1.44. The number of thioether (sulfide) groups is 1. The zero-order valence-corrected chi connectivity index (χ0v) is 28.7. The predicted octanol–water partition coefficient (Wildman–Crippen LogP) is 8.60. The number of carbonyl (C=O) groups is 1. The molecule has 1 aliphatic rings. The van der Waals surface area contributed by atoms with Gasteiger partial charge < -0.3 is 18.8 Å². The van der Waals surface area contributed by atoms with Crippen molar-refractivity contribution < 1.29 is 19.0 Å². The highest BCUT2D eigenvalue weighted by molar-refractivity contribution is 7.98. The molecule has 3 aromatic carbocycles. The molecule has 0 fully saturated rings. The molecule has 0 radical (unpaired) electrons. The molecular weight excluding hydrogens is 633 g/mol. The minimum atomic E-state index is -0.373. The summed E-state index contributed by atoms with van der Waals surface area (Å²) in [4.78, 5) is 25.4. The van der Waals surface area contributed by atoms with Crippen molar-refractivity contribution in [2.75, 3.05) is 13.7 Å². The lowest BCUT2D eigenvalue weighted by Crippen LogP contribution is -2.36. The molecule has 248 valence electrons. The lowest BCUT2D eigenvalue weighted by atomic mass is 9.94. The maximum atomic E-state index is 14.1. The summed E-state index contributed by atoms with van der Waals surface area (Å²) in [5.74, 6) is 1.77. The van der Waals surface area contributed by atoms with E-state index >= 15 is 0 Å². The summed E-state index contributed by atoms with van der Waals surface area (Å²) in [5, 5.41) is 1.74. The molecule has 1 atom stereocenters. The van der Waals surface area contributed by atoms with Crippen LogP contribution in [-0.4, -0.2) is 39.1 Å². The zero-order chi connectivity index (χ0) is 33.7. The van der Waals surface area contributed by atoms with Crippen LogP contribution in [0.1, 0.15) is 52.3 Å². The van der Waals surface area contributed by atoms with Crippen LogP contribution in [0.4, 0.5) is 0 Å². The smallest absolute Gasteiger partial charge is 0.340 e. The Labute approximate surface area is 290 Å². The summed E-state index contributed by atoms with van der Waals surface area (Å²) in [7, 11) is 3.70. The second kappa shape index (κ2) is 14.6. The Morgan fingerprint density at radius 3 is 2.53 bits per heavy atom. The number of hydrogen-bond acceptors (Lipinski definition) is 8. The molecule has 0 N–H and O–H groups in total. The van der Waals surface area contributed by atoms with Gasteiger partial charge in [-0.3, -0.25) is 9.88 Å². The number of aryl methyl sites for hydroxylation is 1. The summed E-state index contributed by atoms with van der Waals surface area (Å²) >= 11 is 1.60. The van der Waals surface area contributed by atoms with Crippen LogP contribution in [0.2, 0.25) is 0 Å². The highest BCUT2D eigenvalue weighted by atomic mass is 32.2. The van der Waals surface area contributed by atoms with Gasteiger partial charge in [-0.15, -0.1) is 11.8 Å². The van der Waals surface area contributed by atoms with Gasteiger partial charge in [0.15, 0.2) is 6.23 Å². The molecular formula is C40H38N4O4S. The second-order valence-electron chi connectivity index (χ2n) is 12.0. The van der Waals surface area contributed by atoms with Crippen molar-refractivity contribution in [1.29, 1.82) is 0 Å². The Hall–Kier alpha value is -5.12. The quantitative estimate of drug-likeness (QED) is 0.100. The van der Waals surface area contributed by atoms with Crippen LogP contribution in [-0.2, 0) is 30.6 Å². The molecule has 1 aliphatic heterocycles. The van der Waals surface area contributed by atoms with Crippen molar-refractivity contribution in [2.24, 2.45) is 7.05 Å². The first-order valence-corrected chi connectivity index (χ1v) is 17.4. The fraction of sp³-hybridized carbons (Fsp3) is 0.225. The van der Waals surface area contributed by atoms with Gasteiger partial charge in [-0.25, -0.2) is 9.78 Å². The normalized spacial score (nSPS) is 14.3. The molecule has 7 rings (SSSR count). The number of esters is 1. The molecule has 6 aromatic rings. The van der Waals surface area contributed by atoms with Crippen LogP contribution in [0.3, 0.4) is 0 Å². The van der Waals surface area contributed by atoms with E-state index in [1.807, 2.05) is 74.8 Å². The molecule has 3 aromatic heterocycles. The third-order valence-electron chi connectivity index (χ3n) is 8.82. The van der Waals surface area contributed by atoms with Crippen molar-refractivity contribution >= 4 is 28.6 Å². The Morgan fingerprint density at radius 1 is 1.00 bits per heavy atom. The van der Waals surface area contributed by atoms with Gasteiger partial charge in [0.05, 0.1) is 29.8 Å². The van der Waals surface area contributed by atoms with E-state index < -0.39 is 0 Å². The van der Waals surface area contributed by atoms with Crippen molar-refractivity contribution in [3.05, 3.63) is 138 Å². The maximum absolute atomic E-state index is 14.1. The Kier molecular flexibility index (Phi) is 9.63. The van der Waals surface area contributed by atoms with E-state index in [4.69, 9.17) is 14.2 Å². The lowest BCUT2D eigenvalue weighted by molar-refractivity contribution is -0.00771. The number of benzene rings is 3. The minimum Gasteiger partial charge on any atom is -0.497 e. The van der Waals surface area contributed by atoms with Crippen molar-refractivity contribution in [1.82, 2.24) is 19.4 Å². The maximum Gasteiger partial charge on any atom is 0.340 e. The molecule has 0 aliphatic carbocycles. The molecule has 0 saturated heterocycles. The predicted molar refractivity (Wildman–Crippen MR) is 193 cm³/mol. The average molecular weight is 671 g/mol. The zero-order valence-electron chi connectivity index (χ0n) is 27.8. The second-order valence-corrected chi connectivity index (χ2v) is 13.0. The van der Waals surface area contributed by atoms with Gasteiger partial charge in [0, 0.05) is 77.8 Å². The first-order valence-electron chi connectivity index (χ1n) is 16.4. The third-order valence-corrected chi connectivity index (χ3v) is 9.78. The molecule has 0 spiro atoms. The minimum absolute atomic E-state index is 0.327. The van der Waals surface area contributed by atoms with E-state index in [-0.39, 0.29) is 12.2 Å². The molecule has 8 nitrogen and oxygen atoms in total. The number of aromatic nitrogens is 3. The lowest BCUT2D eigenvalue weighted by Gasteiger charge is -2.38. The molecule has 0 amide bonds. The Morgan fingerprint density at radius 2 is 1.82 bits per heavy atom. The molecule has 0 bridgehead atoms. The summed E-state index contributed by atoms with van der Waals surface area (Å²) in [6.07, 6.45) is 5.78. The number of hydrogen-bond donors (Lipinski definition) is 0. The van der Waals surface area contributed by atoms with Gasteiger partial charge >= 0.3 is 5.97 Å². The summed E-state index contributed by atoms with van der Waals surface area (Å²) < 4.78 is 20.6. The largest absolute Gasteiger partial charge is 0.497 e. The van der Waals surface area contributed by atoms with Crippen LogP contribution in [0.25, 0.3) is 22.0 Å².